The minimum atomic E-state index is -4.58. The van der Waals surface area contributed by atoms with E-state index in [1.165, 1.54) is 24.3 Å². The van der Waals surface area contributed by atoms with Crippen molar-refractivity contribution in [2.24, 2.45) is 0 Å². The maximum Gasteiger partial charge on any atom is 0.416 e. The number of benzene rings is 2. The van der Waals surface area contributed by atoms with Gasteiger partial charge in [-0.25, -0.2) is 8.42 Å². The number of hydrogen-bond acceptors (Lipinski definition) is 3. The topological polar surface area (TPSA) is 49.4 Å². The van der Waals surface area contributed by atoms with Crippen LogP contribution in [0.2, 0.25) is 5.02 Å². The first-order valence-corrected chi connectivity index (χ1v) is 10.3. The predicted octanol–water partition coefficient (Wildman–Crippen LogP) is 5.15. The molecule has 0 saturated carbocycles. The molecule has 0 spiro atoms. The van der Waals surface area contributed by atoms with Gasteiger partial charge in [0.05, 0.1) is 22.0 Å². The third-order valence-electron chi connectivity index (χ3n) is 4.39. The molecule has 0 unspecified atom stereocenters. The number of alkyl halides is 3. The maximum absolute atomic E-state index is 13.1. The van der Waals surface area contributed by atoms with Gasteiger partial charge in [-0.05, 0) is 49.6 Å². The van der Waals surface area contributed by atoms with Gasteiger partial charge >= 0.3 is 6.18 Å². The average Bonchev–Trinajstić information content (AvgIpc) is 2.61. The van der Waals surface area contributed by atoms with Crippen LogP contribution < -0.4 is 9.62 Å². The summed E-state index contributed by atoms with van der Waals surface area (Å²) >= 11 is 5.96. The molecule has 0 radical (unpaired) electrons. The Morgan fingerprint density at radius 1 is 1.00 bits per heavy atom. The van der Waals surface area contributed by atoms with Crippen LogP contribution in [0, 0.1) is 0 Å². The number of halogens is 4. The minimum absolute atomic E-state index is 0.00324. The van der Waals surface area contributed by atoms with Crippen molar-refractivity contribution in [1.82, 2.24) is 0 Å². The molecule has 0 atom stereocenters. The number of nitrogens with one attached hydrogen (secondary N) is 1. The van der Waals surface area contributed by atoms with Crippen molar-refractivity contribution in [1.29, 1.82) is 0 Å². The number of anilines is 2. The Labute approximate surface area is 161 Å². The van der Waals surface area contributed by atoms with Gasteiger partial charge in [0.15, 0.2) is 0 Å². The number of piperidine rings is 1. The molecule has 1 fully saturated rings. The summed E-state index contributed by atoms with van der Waals surface area (Å²) in [6.45, 7) is 1.32. The first kappa shape index (κ1) is 19.8. The number of nitrogens with zero attached hydrogens (tertiary/aromatic N) is 1. The van der Waals surface area contributed by atoms with Crippen molar-refractivity contribution in [2.75, 3.05) is 22.7 Å². The van der Waals surface area contributed by atoms with E-state index in [1.807, 2.05) is 4.90 Å². The van der Waals surface area contributed by atoms with Crippen molar-refractivity contribution in [3.8, 4) is 0 Å². The third kappa shape index (κ3) is 4.50. The monoisotopic (exact) mass is 418 g/mol. The smallest absolute Gasteiger partial charge is 0.370 e. The fourth-order valence-corrected chi connectivity index (χ4v) is 4.65. The lowest BCUT2D eigenvalue weighted by molar-refractivity contribution is -0.137. The van der Waals surface area contributed by atoms with Gasteiger partial charge in [0.25, 0.3) is 10.0 Å². The van der Waals surface area contributed by atoms with E-state index in [-0.39, 0.29) is 15.6 Å². The van der Waals surface area contributed by atoms with E-state index in [0.717, 1.165) is 31.4 Å². The molecule has 4 nitrogen and oxygen atoms in total. The van der Waals surface area contributed by atoms with Crippen LogP contribution in [-0.2, 0) is 16.2 Å². The van der Waals surface area contributed by atoms with Crippen LogP contribution in [0.25, 0.3) is 0 Å². The van der Waals surface area contributed by atoms with Crippen LogP contribution in [0.1, 0.15) is 24.8 Å². The van der Waals surface area contributed by atoms with Crippen molar-refractivity contribution in [2.45, 2.75) is 30.3 Å². The zero-order valence-electron chi connectivity index (χ0n) is 14.3. The molecule has 2 aromatic rings. The minimum Gasteiger partial charge on any atom is -0.370 e. The third-order valence-corrected chi connectivity index (χ3v) is 6.26. The second-order valence-corrected chi connectivity index (χ2v) is 8.37. The Balaban J connectivity index is 2.04. The summed E-state index contributed by atoms with van der Waals surface area (Å²) in [5.74, 6) is 0. The second kappa shape index (κ2) is 7.59. The van der Waals surface area contributed by atoms with Gasteiger partial charge in [-0.2, -0.15) is 13.2 Å². The standard InChI is InChI=1S/C18H18ClF3N2O2S/c19-14-6-2-3-7-17(14)27(25,26)23-15-12-13(18(20,21)22)8-9-16(15)24-10-4-1-5-11-24/h2-3,6-9,12,23H,1,4-5,10-11H2. The van der Waals surface area contributed by atoms with Crippen LogP contribution in [0.5, 0.6) is 0 Å². The molecule has 1 N–H and O–H groups in total. The average molecular weight is 419 g/mol. The van der Waals surface area contributed by atoms with Gasteiger partial charge in [0.1, 0.15) is 4.90 Å². The van der Waals surface area contributed by atoms with E-state index in [4.69, 9.17) is 11.6 Å². The summed E-state index contributed by atoms with van der Waals surface area (Å²) in [5.41, 5.74) is -0.593. The summed E-state index contributed by atoms with van der Waals surface area (Å²) in [4.78, 5) is 1.71. The summed E-state index contributed by atoms with van der Waals surface area (Å²) < 4.78 is 67.2. The van der Waals surface area contributed by atoms with Gasteiger partial charge in [0, 0.05) is 13.1 Å². The normalized spacial score (nSPS) is 15.6. The van der Waals surface area contributed by atoms with E-state index < -0.39 is 21.8 Å². The fourth-order valence-electron chi connectivity index (χ4n) is 3.07. The lowest BCUT2D eigenvalue weighted by Gasteiger charge is -2.31. The van der Waals surface area contributed by atoms with Crippen molar-refractivity contribution in [3.05, 3.63) is 53.1 Å². The van der Waals surface area contributed by atoms with Gasteiger partial charge in [-0.3, -0.25) is 4.72 Å². The summed E-state index contributed by atoms with van der Waals surface area (Å²) in [5, 5.41) is -0.00324. The highest BCUT2D eigenvalue weighted by atomic mass is 35.5. The van der Waals surface area contributed by atoms with Crippen LogP contribution in [0.15, 0.2) is 47.4 Å². The zero-order valence-corrected chi connectivity index (χ0v) is 15.8. The van der Waals surface area contributed by atoms with E-state index in [0.29, 0.717) is 18.8 Å². The molecule has 2 aromatic carbocycles. The SMILES string of the molecule is O=S(=O)(Nc1cc(C(F)(F)F)ccc1N1CCCCC1)c1ccccc1Cl. The molecular formula is C18H18ClF3N2O2S. The van der Waals surface area contributed by atoms with Crippen LogP contribution >= 0.6 is 11.6 Å². The zero-order chi connectivity index (χ0) is 19.7. The second-order valence-electron chi connectivity index (χ2n) is 6.31. The van der Waals surface area contributed by atoms with E-state index in [9.17, 15) is 21.6 Å². The largest absolute Gasteiger partial charge is 0.416 e. The molecule has 0 amide bonds. The maximum atomic E-state index is 13.1. The number of rotatable bonds is 4. The highest BCUT2D eigenvalue weighted by Gasteiger charge is 2.32. The molecule has 146 valence electrons. The van der Waals surface area contributed by atoms with Gasteiger partial charge in [-0.1, -0.05) is 23.7 Å². The van der Waals surface area contributed by atoms with Crippen LogP contribution in [-0.4, -0.2) is 21.5 Å². The van der Waals surface area contributed by atoms with Crippen molar-refractivity contribution >= 4 is 33.0 Å². The Hall–Kier alpha value is -1.93. The van der Waals surface area contributed by atoms with E-state index >= 15 is 0 Å². The van der Waals surface area contributed by atoms with Crippen LogP contribution in [0.4, 0.5) is 24.5 Å². The quantitative estimate of drug-likeness (QED) is 0.747. The molecule has 1 aliphatic heterocycles. The molecule has 1 saturated heterocycles. The van der Waals surface area contributed by atoms with Gasteiger partial charge in [0.2, 0.25) is 0 Å². The molecular weight excluding hydrogens is 401 g/mol. The molecule has 3 rings (SSSR count). The lowest BCUT2D eigenvalue weighted by atomic mass is 10.1. The number of sulfonamides is 1. The van der Waals surface area contributed by atoms with E-state index in [2.05, 4.69) is 4.72 Å². The molecule has 0 aliphatic carbocycles. The number of hydrogen-bond donors (Lipinski definition) is 1. The van der Waals surface area contributed by atoms with E-state index in [1.54, 1.807) is 6.07 Å². The lowest BCUT2D eigenvalue weighted by Crippen LogP contribution is -2.30. The molecule has 1 heterocycles. The Bertz CT molecular complexity index is 926. The first-order valence-electron chi connectivity index (χ1n) is 8.42. The van der Waals surface area contributed by atoms with Crippen LogP contribution in [0.3, 0.4) is 0 Å². The van der Waals surface area contributed by atoms with Crippen molar-refractivity contribution in [3.63, 3.8) is 0 Å². The predicted molar refractivity (Wildman–Crippen MR) is 99.8 cm³/mol. The Kier molecular flexibility index (Phi) is 5.58. The molecule has 0 aromatic heterocycles. The highest BCUT2D eigenvalue weighted by Crippen LogP contribution is 2.37. The summed E-state index contributed by atoms with van der Waals surface area (Å²) in [6, 6.07) is 8.91. The fraction of sp³-hybridized carbons (Fsp3) is 0.333. The van der Waals surface area contributed by atoms with Crippen molar-refractivity contribution < 1.29 is 21.6 Å². The summed E-state index contributed by atoms with van der Waals surface area (Å²) in [6.07, 6.45) is -1.74. The Morgan fingerprint density at radius 2 is 1.67 bits per heavy atom. The Morgan fingerprint density at radius 3 is 2.30 bits per heavy atom. The van der Waals surface area contributed by atoms with Gasteiger partial charge < -0.3 is 4.90 Å². The molecule has 9 heteroatoms. The molecule has 27 heavy (non-hydrogen) atoms. The highest BCUT2D eigenvalue weighted by molar-refractivity contribution is 7.92. The van der Waals surface area contributed by atoms with Gasteiger partial charge in [-0.15, -0.1) is 0 Å². The first-order chi connectivity index (χ1) is 12.7. The molecule has 1 aliphatic rings. The summed E-state index contributed by atoms with van der Waals surface area (Å²) in [7, 11) is -4.14. The molecule has 0 bridgehead atoms.